The molecule has 18 heavy (non-hydrogen) atoms. The molecule has 0 aromatic rings. The smallest absolute Gasteiger partial charge is 0.227 e. The van der Waals surface area contributed by atoms with Gasteiger partial charge in [0, 0.05) is 19.6 Å². The van der Waals surface area contributed by atoms with Crippen LogP contribution in [0.2, 0.25) is 0 Å². The molecule has 0 aromatic carbocycles. The number of piperidine rings is 2. The van der Waals surface area contributed by atoms with E-state index in [4.69, 9.17) is 0 Å². The lowest BCUT2D eigenvalue weighted by molar-refractivity contribution is -0.131. The number of hydrogen-bond donors (Lipinski definition) is 2. The Hall–Kier alpha value is -0.610. The van der Waals surface area contributed by atoms with Gasteiger partial charge in [-0.3, -0.25) is 4.79 Å². The number of likely N-dealkylation sites (tertiary alicyclic amines) is 1. The largest absolute Gasteiger partial charge is 0.354 e. The highest BCUT2D eigenvalue weighted by Gasteiger charge is 2.34. The minimum atomic E-state index is -0.194. The van der Waals surface area contributed by atoms with Crippen LogP contribution >= 0.6 is 0 Å². The second-order valence-electron chi connectivity index (χ2n) is 6.00. The molecule has 1 atom stereocenters. The number of carbonyl (C=O) groups is 1. The standard InChI is InChI=1S/C14H27N3O/c1-14(6-5-7-15-12-14)13(18)16-8-11-17-9-3-2-4-10-17/h15H,2-12H2,1H3,(H,16,18). The highest BCUT2D eigenvalue weighted by atomic mass is 16.2. The minimum Gasteiger partial charge on any atom is -0.354 e. The van der Waals surface area contributed by atoms with Crippen LogP contribution in [0, 0.1) is 5.41 Å². The molecule has 0 radical (unpaired) electrons. The summed E-state index contributed by atoms with van der Waals surface area (Å²) in [6.07, 6.45) is 6.11. The van der Waals surface area contributed by atoms with E-state index in [0.29, 0.717) is 0 Å². The van der Waals surface area contributed by atoms with Crippen molar-refractivity contribution >= 4 is 5.91 Å². The lowest BCUT2D eigenvalue weighted by Crippen LogP contribution is -2.50. The molecule has 0 aliphatic carbocycles. The Morgan fingerprint density at radius 3 is 2.72 bits per heavy atom. The summed E-state index contributed by atoms with van der Waals surface area (Å²) in [5, 5.41) is 6.44. The summed E-state index contributed by atoms with van der Waals surface area (Å²) in [5.41, 5.74) is -0.194. The van der Waals surface area contributed by atoms with Crippen LogP contribution in [0.15, 0.2) is 0 Å². The Morgan fingerprint density at radius 2 is 2.06 bits per heavy atom. The highest BCUT2D eigenvalue weighted by Crippen LogP contribution is 2.25. The normalized spacial score (nSPS) is 30.1. The van der Waals surface area contributed by atoms with E-state index < -0.39 is 0 Å². The lowest BCUT2D eigenvalue weighted by Gasteiger charge is -2.33. The maximum absolute atomic E-state index is 12.2. The molecule has 2 saturated heterocycles. The van der Waals surface area contributed by atoms with Crippen molar-refractivity contribution in [3.8, 4) is 0 Å². The predicted molar refractivity (Wildman–Crippen MR) is 73.5 cm³/mol. The van der Waals surface area contributed by atoms with Crippen molar-refractivity contribution in [1.82, 2.24) is 15.5 Å². The van der Waals surface area contributed by atoms with Gasteiger partial charge in [-0.05, 0) is 52.2 Å². The molecule has 4 nitrogen and oxygen atoms in total. The number of amides is 1. The van der Waals surface area contributed by atoms with Crippen LogP contribution in [0.1, 0.15) is 39.0 Å². The maximum Gasteiger partial charge on any atom is 0.227 e. The van der Waals surface area contributed by atoms with Gasteiger partial charge in [-0.1, -0.05) is 6.42 Å². The van der Waals surface area contributed by atoms with E-state index >= 15 is 0 Å². The molecule has 0 bridgehead atoms. The predicted octanol–water partition coefficient (Wildman–Crippen LogP) is 0.978. The molecule has 0 saturated carbocycles. The first-order valence-electron chi connectivity index (χ1n) is 7.42. The molecule has 2 aliphatic rings. The van der Waals surface area contributed by atoms with Gasteiger partial charge in [0.25, 0.3) is 0 Å². The fourth-order valence-corrected chi connectivity index (χ4v) is 2.97. The van der Waals surface area contributed by atoms with Gasteiger partial charge in [0.2, 0.25) is 5.91 Å². The van der Waals surface area contributed by atoms with Crippen molar-refractivity contribution in [2.45, 2.75) is 39.0 Å². The quantitative estimate of drug-likeness (QED) is 0.785. The van der Waals surface area contributed by atoms with Crippen LogP contribution in [0.5, 0.6) is 0 Å². The molecule has 1 unspecified atom stereocenters. The van der Waals surface area contributed by atoms with E-state index in [1.807, 2.05) is 0 Å². The molecule has 1 amide bonds. The van der Waals surface area contributed by atoms with Crippen LogP contribution in [0.25, 0.3) is 0 Å². The molecule has 2 N–H and O–H groups in total. The molecule has 0 aromatic heterocycles. The average molecular weight is 253 g/mol. The summed E-state index contributed by atoms with van der Waals surface area (Å²) in [6.45, 7) is 8.17. The van der Waals surface area contributed by atoms with Crippen LogP contribution < -0.4 is 10.6 Å². The monoisotopic (exact) mass is 253 g/mol. The first-order chi connectivity index (χ1) is 8.71. The Bertz CT molecular complexity index is 268. The first kappa shape index (κ1) is 13.8. The summed E-state index contributed by atoms with van der Waals surface area (Å²) >= 11 is 0. The molecule has 2 rings (SSSR count). The molecular formula is C14H27N3O. The number of rotatable bonds is 4. The Kier molecular flexibility index (Phi) is 5.01. The Balaban J connectivity index is 1.67. The van der Waals surface area contributed by atoms with E-state index in [2.05, 4.69) is 22.5 Å². The molecule has 104 valence electrons. The fourth-order valence-electron chi connectivity index (χ4n) is 2.97. The Morgan fingerprint density at radius 1 is 1.28 bits per heavy atom. The molecule has 2 fully saturated rings. The minimum absolute atomic E-state index is 0.194. The number of nitrogens with zero attached hydrogens (tertiary/aromatic N) is 1. The SMILES string of the molecule is CC1(C(=O)NCCN2CCCCC2)CCCNC1. The Labute approximate surface area is 110 Å². The van der Waals surface area contributed by atoms with Crippen LogP contribution in [0.4, 0.5) is 0 Å². The van der Waals surface area contributed by atoms with Crippen LogP contribution in [0.3, 0.4) is 0 Å². The molecule has 2 heterocycles. The van der Waals surface area contributed by atoms with Gasteiger partial charge < -0.3 is 15.5 Å². The van der Waals surface area contributed by atoms with Crippen molar-refractivity contribution in [3.05, 3.63) is 0 Å². The van der Waals surface area contributed by atoms with Crippen LogP contribution in [-0.4, -0.2) is 50.1 Å². The number of hydrogen-bond acceptors (Lipinski definition) is 3. The highest BCUT2D eigenvalue weighted by molar-refractivity contribution is 5.82. The van der Waals surface area contributed by atoms with Crippen molar-refractivity contribution in [3.63, 3.8) is 0 Å². The molecule has 4 heteroatoms. The van der Waals surface area contributed by atoms with Gasteiger partial charge in [-0.25, -0.2) is 0 Å². The fraction of sp³-hybridized carbons (Fsp3) is 0.929. The topological polar surface area (TPSA) is 44.4 Å². The summed E-state index contributed by atoms with van der Waals surface area (Å²) in [4.78, 5) is 14.7. The van der Waals surface area contributed by atoms with E-state index in [-0.39, 0.29) is 11.3 Å². The van der Waals surface area contributed by atoms with Gasteiger partial charge in [0.05, 0.1) is 5.41 Å². The zero-order chi connectivity index (χ0) is 12.8. The third-order valence-corrected chi connectivity index (χ3v) is 4.31. The summed E-state index contributed by atoms with van der Waals surface area (Å²) in [6, 6.07) is 0. The summed E-state index contributed by atoms with van der Waals surface area (Å²) in [7, 11) is 0. The van der Waals surface area contributed by atoms with Gasteiger partial charge in [-0.2, -0.15) is 0 Å². The van der Waals surface area contributed by atoms with Crippen molar-refractivity contribution in [2.24, 2.45) is 5.41 Å². The van der Waals surface area contributed by atoms with E-state index in [1.165, 1.54) is 32.4 Å². The first-order valence-corrected chi connectivity index (χ1v) is 7.42. The second-order valence-corrected chi connectivity index (χ2v) is 6.00. The average Bonchev–Trinajstić information content (AvgIpc) is 2.41. The summed E-state index contributed by atoms with van der Waals surface area (Å²) in [5.74, 6) is 0.228. The zero-order valence-electron chi connectivity index (χ0n) is 11.6. The van der Waals surface area contributed by atoms with Gasteiger partial charge in [0.1, 0.15) is 0 Å². The number of carbonyl (C=O) groups excluding carboxylic acids is 1. The van der Waals surface area contributed by atoms with Crippen molar-refractivity contribution in [2.75, 3.05) is 39.3 Å². The van der Waals surface area contributed by atoms with Gasteiger partial charge in [0.15, 0.2) is 0 Å². The van der Waals surface area contributed by atoms with Crippen molar-refractivity contribution in [1.29, 1.82) is 0 Å². The second kappa shape index (κ2) is 6.53. The van der Waals surface area contributed by atoms with Gasteiger partial charge >= 0.3 is 0 Å². The zero-order valence-corrected chi connectivity index (χ0v) is 11.6. The molecular weight excluding hydrogens is 226 g/mol. The van der Waals surface area contributed by atoms with Crippen molar-refractivity contribution < 1.29 is 4.79 Å². The third-order valence-electron chi connectivity index (χ3n) is 4.31. The van der Waals surface area contributed by atoms with E-state index in [9.17, 15) is 4.79 Å². The molecule has 2 aliphatic heterocycles. The lowest BCUT2D eigenvalue weighted by atomic mass is 9.82. The van der Waals surface area contributed by atoms with Crippen LogP contribution in [-0.2, 0) is 4.79 Å². The van der Waals surface area contributed by atoms with E-state index in [1.54, 1.807) is 0 Å². The summed E-state index contributed by atoms with van der Waals surface area (Å²) < 4.78 is 0. The third kappa shape index (κ3) is 3.69. The molecule has 0 spiro atoms. The van der Waals surface area contributed by atoms with E-state index in [0.717, 1.165) is 39.0 Å². The maximum atomic E-state index is 12.2. The van der Waals surface area contributed by atoms with Gasteiger partial charge in [-0.15, -0.1) is 0 Å². The number of nitrogens with one attached hydrogen (secondary N) is 2.